The normalized spacial score (nSPS) is 11.5. The first-order valence-electron chi connectivity index (χ1n) is 4.74. The number of aryl methyl sites for hydroxylation is 1. The maximum Gasteiger partial charge on any atom is 0.279 e. The summed E-state index contributed by atoms with van der Waals surface area (Å²) in [5, 5.41) is 0.123. The third-order valence-corrected chi connectivity index (χ3v) is 3.88. The molecule has 6 nitrogen and oxygen atoms in total. The third-order valence-electron chi connectivity index (χ3n) is 2.14. The van der Waals surface area contributed by atoms with E-state index in [0.717, 1.165) is 0 Å². The van der Waals surface area contributed by atoms with Gasteiger partial charge in [-0.1, -0.05) is 23.2 Å². The molecular formula is C9H8Cl2N4O2S. The van der Waals surface area contributed by atoms with E-state index in [1.54, 1.807) is 6.92 Å². The summed E-state index contributed by atoms with van der Waals surface area (Å²) in [6.45, 7) is 1.67. The van der Waals surface area contributed by atoms with Crippen molar-refractivity contribution in [2.45, 2.75) is 11.9 Å². The topological polar surface area (TPSA) is 87.7 Å². The van der Waals surface area contributed by atoms with Crippen LogP contribution in [0.15, 0.2) is 23.6 Å². The predicted molar refractivity (Wildman–Crippen MR) is 68.4 cm³/mol. The molecule has 96 valence electrons. The molecule has 2 heterocycles. The Bertz CT molecular complexity index is 647. The van der Waals surface area contributed by atoms with Gasteiger partial charge in [0.25, 0.3) is 10.0 Å². The molecule has 0 radical (unpaired) electrons. The van der Waals surface area contributed by atoms with Crippen LogP contribution in [-0.2, 0) is 10.0 Å². The molecular weight excluding hydrogens is 299 g/mol. The van der Waals surface area contributed by atoms with Gasteiger partial charge in [-0.25, -0.2) is 9.97 Å². The fourth-order valence-electron chi connectivity index (χ4n) is 1.30. The van der Waals surface area contributed by atoms with Crippen LogP contribution in [0.2, 0.25) is 10.3 Å². The summed E-state index contributed by atoms with van der Waals surface area (Å²) in [5.74, 6) is 0. The van der Waals surface area contributed by atoms with Gasteiger partial charge < -0.3 is 4.98 Å². The van der Waals surface area contributed by atoms with E-state index in [1.165, 1.54) is 18.6 Å². The number of anilines is 1. The minimum absolute atomic E-state index is 0.0110. The maximum absolute atomic E-state index is 12.0. The molecule has 0 fully saturated rings. The molecule has 0 bridgehead atoms. The molecule has 0 aliphatic heterocycles. The van der Waals surface area contributed by atoms with E-state index in [4.69, 9.17) is 23.2 Å². The molecule has 0 aliphatic rings. The number of sulfonamides is 1. The number of hydrogen-bond donors (Lipinski definition) is 2. The quantitative estimate of drug-likeness (QED) is 0.851. The molecule has 0 saturated heterocycles. The second-order valence-corrected chi connectivity index (χ2v) is 5.85. The van der Waals surface area contributed by atoms with Gasteiger partial charge in [-0.05, 0) is 18.6 Å². The Balaban J connectivity index is 2.42. The zero-order valence-electron chi connectivity index (χ0n) is 9.11. The Hall–Kier alpha value is -1.31. The molecule has 0 atom stereocenters. The van der Waals surface area contributed by atoms with E-state index >= 15 is 0 Å². The van der Waals surface area contributed by atoms with E-state index in [2.05, 4.69) is 19.7 Å². The maximum atomic E-state index is 12.0. The lowest BCUT2D eigenvalue weighted by Crippen LogP contribution is -2.14. The van der Waals surface area contributed by atoms with E-state index < -0.39 is 10.0 Å². The fraction of sp³-hybridized carbons (Fsp3) is 0.111. The Morgan fingerprint density at radius 1 is 1.39 bits per heavy atom. The van der Waals surface area contributed by atoms with Gasteiger partial charge in [0.1, 0.15) is 5.15 Å². The number of rotatable bonds is 3. The highest BCUT2D eigenvalue weighted by Crippen LogP contribution is 2.28. The number of imidazole rings is 1. The van der Waals surface area contributed by atoms with Crippen LogP contribution in [0.5, 0.6) is 0 Å². The van der Waals surface area contributed by atoms with Crippen molar-refractivity contribution in [1.82, 2.24) is 15.0 Å². The summed E-state index contributed by atoms with van der Waals surface area (Å²) in [7, 11) is -3.76. The molecule has 18 heavy (non-hydrogen) atoms. The van der Waals surface area contributed by atoms with E-state index in [9.17, 15) is 8.42 Å². The number of hydrogen-bond acceptors (Lipinski definition) is 4. The van der Waals surface area contributed by atoms with Crippen LogP contribution in [0.1, 0.15) is 5.56 Å². The molecule has 0 saturated carbocycles. The number of pyridine rings is 1. The summed E-state index contributed by atoms with van der Waals surface area (Å²) in [6.07, 6.45) is 2.46. The smallest absolute Gasteiger partial charge is 0.279 e. The second kappa shape index (κ2) is 4.75. The molecule has 0 spiro atoms. The number of H-pyrrole nitrogens is 1. The van der Waals surface area contributed by atoms with Crippen molar-refractivity contribution in [3.05, 3.63) is 34.5 Å². The number of aromatic amines is 1. The highest BCUT2D eigenvalue weighted by atomic mass is 35.5. The molecule has 2 rings (SSSR count). The van der Waals surface area contributed by atoms with Crippen molar-refractivity contribution in [2.24, 2.45) is 0 Å². The highest BCUT2D eigenvalue weighted by molar-refractivity contribution is 7.92. The van der Waals surface area contributed by atoms with Gasteiger partial charge in [-0.15, -0.1) is 0 Å². The van der Waals surface area contributed by atoms with Crippen molar-refractivity contribution in [1.29, 1.82) is 0 Å². The van der Waals surface area contributed by atoms with Gasteiger partial charge in [0.2, 0.25) is 0 Å². The van der Waals surface area contributed by atoms with Gasteiger partial charge in [-0.2, -0.15) is 8.42 Å². The lowest BCUT2D eigenvalue weighted by Gasteiger charge is -2.10. The Morgan fingerprint density at radius 3 is 2.67 bits per heavy atom. The summed E-state index contributed by atoms with van der Waals surface area (Å²) in [6, 6.07) is 1.51. The molecule has 0 aliphatic carbocycles. The van der Waals surface area contributed by atoms with Crippen LogP contribution in [0.4, 0.5) is 5.69 Å². The number of aromatic nitrogens is 3. The van der Waals surface area contributed by atoms with Crippen molar-refractivity contribution >= 4 is 38.9 Å². The molecule has 2 N–H and O–H groups in total. The van der Waals surface area contributed by atoms with E-state index in [0.29, 0.717) is 5.56 Å². The van der Waals surface area contributed by atoms with Crippen LogP contribution in [0.3, 0.4) is 0 Å². The van der Waals surface area contributed by atoms with Crippen molar-refractivity contribution < 1.29 is 8.42 Å². The minimum atomic E-state index is -3.76. The van der Waals surface area contributed by atoms with Crippen LogP contribution >= 0.6 is 23.2 Å². The average molecular weight is 307 g/mol. The molecule has 0 aromatic carbocycles. The molecule has 2 aromatic rings. The van der Waals surface area contributed by atoms with Crippen molar-refractivity contribution in [3.8, 4) is 0 Å². The van der Waals surface area contributed by atoms with E-state index in [-0.39, 0.29) is 21.0 Å². The molecule has 9 heteroatoms. The highest BCUT2D eigenvalue weighted by Gasteiger charge is 2.19. The zero-order valence-corrected chi connectivity index (χ0v) is 11.4. The van der Waals surface area contributed by atoms with Gasteiger partial charge in [-0.3, -0.25) is 4.72 Å². The minimum Gasteiger partial charge on any atom is -0.334 e. The number of halogens is 2. The Morgan fingerprint density at radius 2 is 2.11 bits per heavy atom. The first-order valence-corrected chi connectivity index (χ1v) is 6.98. The Labute approximate surface area is 113 Å². The van der Waals surface area contributed by atoms with Crippen molar-refractivity contribution in [2.75, 3.05) is 4.72 Å². The summed E-state index contributed by atoms with van der Waals surface area (Å²) in [5.41, 5.74) is 0.763. The van der Waals surface area contributed by atoms with Crippen LogP contribution in [-0.4, -0.2) is 23.4 Å². The van der Waals surface area contributed by atoms with E-state index in [1.807, 2.05) is 0 Å². The number of nitrogens with one attached hydrogen (secondary N) is 2. The standard InChI is InChI=1S/C9H8Cl2N4O2S/c1-5-2-6(10)14-9(11)8(5)15-18(16,17)7-3-12-4-13-7/h2-4,15H,1H3,(H,12,13). The van der Waals surface area contributed by atoms with Crippen LogP contribution in [0.25, 0.3) is 0 Å². The lowest BCUT2D eigenvalue weighted by atomic mass is 10.3. The summed E-state index contributed by atoms with van der Waals surface area (Å²) < 4.78 is 26.2. The first-order chi connectivity index (χ1) is 8.40. The third kappa shape index (κ3) is 2.58. The average Bonchev–Trinajstić information content (AvgIpc) is 2.77. The molecule has 0 unspecified atom stereocenters. The van der Waals surface area contributed by atoms with Crippen molar-refractivity contribution in [3.63, 3.8) is 0 Å². The Kier molecular flexibility index (Phi) is 3.47. The molecule has 2 aromatic heterocycles. The predicted octanol–water partition coefficient (Wildman–Crippen LogP) is 2.22. The van der Waals surface area contributed by atoms with Gasteiger partial charge in [0.05, 0.1) is 18.2 Å². The number of nitrogens with zero attached hydrogens (tertiary/aromatic N) is 2. The van der Waals surface area contributed by atoms with Crippen LogP contribution in [0, 0.1) is 6.92 Å². The summed E-state index contributed by atoms with van der Waals surface area (Å²) >= 11 is 11.6. The lowest BCUT2D eigenvalue weighted by molar-refractivity contribution is 0.598. The van der Waals surface area contributed by atoms with Gasteiger partial charge in [0.15, 0.2) is 10.2 Å². The zero-order chi connectivity index (χ0) is 13.3. The van der Waals surface area contributed by atoms with Crippen LogP contribution < -0.4 is 4.72 Å². The first kappa shape index (κ1) is 13.1. The fourth-order valence-corrected chi connectivity index (χ4v) is 2.98. The SMILES string of the molecule is Cc1cc(Cl)nc(Cl)c1NS(=O)(=O)c1cnc[nH]1. The molecule has 0 amide bonds. The summed E-state index contributed by atoms with van der Waals surface area (Å²) in [4.78, 5) is 9.92. The largest absolute Gasteiger partial charge is 0.334 e. The monoisotopic (exact) mass is 306 g/mol. The van der Waals surface area contributed by atoms with Gasteiger partial charge in [0, 0.05) is 0 Å². The second-order valence-electron chi connectivity index (χ2n) is 3.45. The van der Waals surface area contributed by atoms with Gasteiger partial charge >= 0.3 is 0 Å².